The number of aryl methyl sites for hydroxylation is 1. The SMILES string of the molecule is COC(=O)CN(CC(=O)OC)Cc1cc(C#Cc2ccc(OCCOCCn3c(=O)c(C)cn(C4CC(OC(=O)CCC(=O)O)C(COC(c5ccccc5)(c5ccc(OC)cc5)c5ccc(OC)cc5)O4)c3=O)cc2)cc(CN(CC(=O)OC)CC(=O)OC)n1. The lowest BCUT2D eigenvalue weighted by Crippen LogP contribution is -2.43. The van der Waals surface area contributed by atoms with Crippen LogP contribution in [0.15, 0.2) is 131 Å². The van der Waals surface area contributed by atoms with Crippen LogP contribution in [0.5, 0.6) is 17.2 Å². The number of carbonyl (C=O) groups is 6. The molecular weight excluding hydrogens is 1180 g/mol. The van der Waals surface area contributed by atoms with Gasteiger partial charge in [0.15, 0.2) is 0 Å². The first-order chi connectivity index (χ1) is 43.9. The normalized spacial score (nSPS) is 14.4. The zero-order valence-corrected chi connectivity index (χ0v) is 51.6. The third-order valence-electron chi connectivity index (χ3n) is 14.5. The summed E-state index contributed by atoms with van der Waals surface area (Å²) >= 11 is 0. The Morgan fingerprint density at radius 3 is 1.64 bits per heavy atom. The van der Waals surface area contributed by atoms with E-state index in [2.05, 4.69) is 11.8 Å². The summed E-state index contributed by atoms with van der Waals surface area (Å²) in [6.45, 7) is 0.307. The summed E-state index contributed by atoms with van der Waals surface area (Å²) in [5, 5.41) is 9.36. The molecule has 0 aliphatic carbocycles. The fourth-order valence-electron chi connectivity index (χ4n) is 9.95. The smallest absolute Gasteiger partial charge is 0.333 e. The van der Waals surface area contributed by atoms with Crippen molar-refractivity contribution in [1.29, 1.82) is 0 Å². The molecule has 1 aliphatic rings. The van der Waals surface area contributed by atoms with E-state index >= 15 is 0 Å². The number of hydrogen-bond donors (Lipinski definition) is 1. The molecule has 1 aliphatic heterocycles. The molecule has 25 nitrogen and oxygen atoms in total. The largest absolute Gasteiger partial charge is 0.497 e. The van der Waals surface area contributed by atoms with E-state index in [9.17, 15) is 43.5 Å². The average Bonchev–Trinajstić information content (AvgIpc) is 1.48. The number of aliphatic carboxylic acids is 1. The van der Waals surface area contributed by atoms with Gasteiger partial charge in [-0.2, -0.15) is 0 Å². The van der Waals surface area contributed by atoms with Gasteiger partial charge in [0, 0.05) is 42.4 Å². The number of carboxylic acids is 1. The van der Waals surface area contributed by atoms with E-state index in [0.29, 0.717) is 39.8 Å². The van der Waals surface area contributed by atoms with Gasteiger partial charge in [-0.25, -0.2) is 4.79 Å². The summed E-state index contributed by atoms with van der Waals surface area (Å²) < 4.78 is 64.0. The average molecular weight is 1260 g/mol. The number of esters is 5. The molecule has 91 heavy (non-hydrogen) atoms. The maximum Gasteiger partial charge on any atom is 0.333 e. The number of hydrogen-bond acceptors (Lipinski definition) is 22. The van der Waals surface area contributed by atoms with Crippen molar-refractivity contribution in [3.05, 3.63) is 187 Å². The first-order valence-corrected chi connectivity index (χ1v) is 28.8. The van der Waals surface area contributed by atoms with Gasteiger partial charge < -0.3 is 57.2 Å². The Bertz CT molecular complexity index is 3490. The number of aromatic nitrogens is 3. The predicted octanol–water partition coefficient (Wildman–Crippen LogP) is 4.59. The van der Waals surface area contributed by atoms with Crippen LogP contribution >= 0.6 is 0 Å². The van der Waals surface area contributed by atoms with E-state index < -0.39 is 83.9 Å². The van der Waals surface area contributed by atoms with Crippen LogP contribution in [0, 0.1) is 18.8 Å². The second-order valence-electron chi connectivity index (χ2n) is 20.7. The highest BCUT2D eigenvalue weighted by molar-refractivity contribution is 5.77. The lowest BCUT2D eigenvalue weighted by Gasteiger charge is -2.37. The van der Waals surface area contributed by atoms with Crippen LogP contribution in [0.1, 0.15) is 70.3 Å². The van der Waals surface area contributed by atoms with Crippen molar-refractivity contribution in [2.45, 2.75) is 69.9 Å². The fourth-order valence-corrected chi connectivity index (χ4v) is 9.95. The summed E-state index contributed by atoms with van der Waals surface area (Å²) in [5.74, 6) is 3.58. The standard InChI is InChI=1S/C66H73N5O20/c1-44-36-71(57-35-55(91-59(74)28-27-58(72)73)56(90-57)43-89-66(47-11-9-8-10-12-47,48-17-23-52(81-2)24-18-48)49-19-25-53(82-3)26-20-49)65(80)70(64(44)79)29-30-87-31-32-88-54-21-15-45(16-22-54)13-14-46-33-50(37-68(39-60(75)83-4)40-61(76)84-5)67-51(34-46)38-69(41-62(77)85-6)42-63(78)86-7/h8-12,15-26,33-34,36,55-57H,27-32,35,37-43H2,1-7H3,(H,72,73). The van der Waals surface area contributed by atoms with Gasteiger partial charge in [-0.3, -0.25) is 57.5 Å². The number of methoxy groups -OCH3 is 6. The van der Waals surface area contributed by atoms with Crippen molar-refractivity contribution in [3.63, 3.8) is 0 Å². The molecule has 2 aromatic heterocycles. The number of nitrogens with zero attached hydrogens (tertiary/aromatic N) is 5. The van der Waals surface area contributed by atoms with Crippen molar-refractivity contribution in [1.82, 2.24) is 23.9 Å². The van der Waals surface area contributed by atoms with E-state index in [1.165, 1.54) is 49.0 Å². The zero-order valence-electron chi connectivity index (χ0n) is 51.6. The van der Waals surface area contributed by atoms with Crippen molar-refractivity contribution in [3.8, 4) is 29.1 Å². The van der Waals surface area contributed by atoms with Crippen molar-refractivity contribution in [2.75, 3.05) is 95.3 Å². The molecule has 6 aromatic rings. The van der Waals surface area contributed by atoms with Crippen molar-refractivity contribution < 1.29 is 86.0 Å². The quantitative estimate of drug-likeness (QED) is 0.0199. The number of rotatable bonds is 32. The number of benzene rings is 4. The summed E-state index contributed by atoms with van der Waals surface area (Å²) in [6.07, 6.45) is -2.65. The van der Waals surface area contributed by atoms with Crippen molar-refractivity contribution >= 4 is 35.8 Å². The first-order valence-electron chi connectivity index (χ1n) is 28.8. The highest BCUT2D eigenvalue weighted by Gasteiger charge is 2.44. The summed E-state index contributed by atoms with van der Waals surface area (Å²) in [4.78, 5) is 109. The molecule has 7 rings (SSSR count). The maximum atomic E-state index is 14.3. The molecule has 3 unspecified atom stereocenters. The Labute approximate surface area is 525 Å². The first kappa shape index (κ1) is 68.8. The van der Waals surface area contributed by atoms with Gasteiger partial charge >= 0.3 is 41.5 Å². The molecule has 0 amide bonds. The molecule has 3 atom stereocenters. The molecule has 25 heteroatoms. The van der Waals surface area contributed by atoms with Crippen LogP contribution in [0.4, 0.5) is 0 Å². The van der Waals surface area contributed by atoms with Crippen LogP contribution in [0.2, 0.25) is 0 Å². The van der Waals surface area contributed by atoms with Gasteiger partial charge in [-0.1, -0.05) is 66.4 Å². The van der Waals surface area contributed by atoms with E-state index in [0.717, 1.165) is 21.3 Å². The van der Waals surface area contributed by atoms with Crippen LogP contribution in [0.25, 0.3) is 0 Å². The molecular formula is C66H73N5O20. The lowest BCUT2D eigenvalue weighted by molar-refractivity contribution is -0.158. The minimum absolute atomic E-state index is 0.00525. The second-order valence-corrected chi connectivity index (χ2v) is 20.7. The fraction of sp³-hybridized carbons (Fsp3) is 0.379. The third-order valence-corrected chi connectivity index (χ3v) is 14.5. The molecule has 3 heterocycles. The molecule has 0 radical (unpaired) electrons. The Balaban J connectivity index is 1.03. The topological polar surface area (TPSA) is 288 Å². The zero-order chi connectivity index (χ0) is 65.5. The molecule has 0 saturated carbocycles. The van der Waals surface area contributed by atoms with Gasteiger partial charge in [0.2, 0.25) is 0 Å². The summed E-state index contributed by atoms with van der Waals surface area (Å²) in [7, 11) is 8.03. The molecule has 0 spiro atoms. The Hall–Kier alpha value is -9.71. The van der Waals surface area contributed by atoms with Gasteiger partial charge in [-0.05, 0) is 84.3 Å². The number of pyridine rings is 1. The molecule has 4 aromatic carbocycles. The van der Waals surface area contributed by atoms with Gasteiger partial charge in [-0.15, -0.1) is 0 Å². The van der Waals surface area contributed by atoms with Crippen molar-refractivity contribution in [2.24, 2.45) is 0 Å². The highest BCUT2D eigenvalue weighted by Crippen LogP contribution is 2.43. The molecule has 1 fully saturated rings. The Kier molecular flexibility index (Phi) is 25.5. The van der Waals surface area contributed by atoms with E-state index in [4.69, 9.17) is 57.1 Å². The van der Waals surface area contributed by atoms with E-state index in [1.54, 1.807) is 57.5 Å². The van der Waals surface area contributed by atoms with Crippen LogP contribution in [0.3, 0.4) is 0 Å². The molecule has 1 saturated heterocycles. The second kappa shape index (κ2) is 33.8. The van der Waals surface area contributed by atoms with E-state index in [1.807, 2.05) is 78.9 Å². The molecule has 482 valence electrons. The number of ether oxygens (including phenoxy) is 11. The minimum atomic E-state index is -1.31. The highest BCUT2D eigenvalue weighted by atomic mass is 16.6. The number of carbonyl (C=O) groups excluding carboxylic acids is 5. The third kappa shape index (κ3) is 19.4. The van der Waals surface area contributed by atoms with Crippen LogP contribution in [-0.2, 0) is 91.9 Å². The van der Waals surface area contributed by atoms with Crippen LogP contribution in [-0.4, -0.2) is 172 Å². The summed E-state index contributed by atoms with van der Waals surface area (Å²) in [6, 6.07) is 34.5. The lowest BCUT2D eigenvalue weighted by atomic mass is 9.80. The molecule has 1 N–H and O–H groups in total. The predicted molar refractivity (Wildman–Crippen MR) is 325 cm³/mol. The van der Waals surface area contributed by atoms with Gasteiger partial charge in [0.1, 0.15) is 47.9 Å². The van der Waals surface area contributed by atoms with Crippen LogP contribution < -0.4 is 25.5 Å². The summed E-state index contributed by atoms with van der Waals surface area (Å²) in [5.41, 5.74) is 1.74. The minimum Gasteiger partial charge on any atom is -0.497 e. The van der Waals surface area contributed by atoms with Gasteiger partial charge in [0.05, 0.1) is 119 Å². The van der Waals surface area contributed by atoms with Gasteiger partial charge in [0.25, 0.3) is 5.56 Å². The maximum absolute atomic E-state index is 14.3. The molecule has 0 bridgehead atoms. The monoisotopic (exact) mass is 1260 g/mol. The number of carboxylic acid groups (broad SMARTS) is 1. The Morgan fingerprint density at radius 2 is 1.13 bits per heavy atom. The Morgan fingerprint density at radius 1 is 0.626 bits per heavy atom. The van der Waals surface area contributed by atoms with E-state index in [-0.39, 0.29) is 84.2 Å².